The zero-order chi connectivity index (χ0) is 11.8. The van der Waals surface area contributed by atoms with Gasteiger partial charge in [-0.25, -0.2) is 0 Å². The minimum absolute atomic E-state index is 0.247. The molecule has 0 bridgehead atoms. The van der Waals surface area contributed by atoms with Gasteiger partial charge in [-0.15, -0.1) is 11.6 Å². The predicted octanol–water partition coefficient (Wildman–Crippen LogP) is 2.90. The van der Waals surface area contributed by atoms with Crippen LogP contribution >= 0.6 is 11.6 Å². The van der Waals surface area contributed by atoms with Crippen molar-refractivity contribution in [1.82, 2.24) is 4.90 Å². The van der Waals surface area contributed by atoms with E-state index in [-0.39, 0.29) is 5.91 Å². The molecule has 1 saturated heterocycles. The molecule has 92 valence electrons. The number of alkyl halides is 1. The number of carbonyl (C=O) groups is 1. The molecule has 2 unspecified atom stereocenters. The Kier molecular flexibility index (Phi) is 3.48. The number of carbonyl (C=O) groups excluding carboxylic acids is 1. The summed E-state index contributed by atoms with van der Waals surface area (Å²) in [5.41, 5.74) is -0.394. The van der Waals surface area contributed by atoms with Gasteiger partial charge in [0.25, 0.3) is 0 Å². The maximum atomic E-state index is 12.3. The molecule has 0 aromatic rings. The number of nitrogens with zero attached hydrogens (tertiary/aromatic N) is 1. The highest BCUT2D eigenvalue weighted by Crippen LogP contribution is 2.37. The van der Waals surface area contributed by atoms with Gasteiger partial charge in [-0.05, 0) is 38.5 Å². The van der Waals surface area contributed by atoms with E-state index in [1.165, 1.54) is 25.7 Å². The molecule has 0 radical (unpaired) electrons. The van der Waals surface area contributed by atoms with Crippen molar-refractivity contribution in [3.05, 3.63) is 0 Å². The van der Waals surface area contributed by atoms with Crippen LogP contribution in [0.15, 0.2) is 0 Å². The molecule has 1 saturated carbocycles. The quantitative estimate of drug-likeness (QED) is 0.683. The lowest BCUT2D eigenvalue weighted by molar-refractivity contribution is -0.138. The van der Waals surface area contributed by atoms with Crippen molar-refractivity contribution in [1.29, 1.82) is 0 Å². The summed E-state index contributed by atoms with van der Waals surface area (Å²) < 4.78 is 0. The minimum Gasteiger partial charge on any atom is -0.342 e. The van der Waals surface area contributed by atoms with Gasteiger partial charge in [0.2, 0.25) is 5.91 Å². The third-order valence-electron chi connectivity index (χ3n) is 4.18. The number of hydrogen-bond donors (Lipinski definition) is 0. The normalized spacial score (nSPS) is 30.3. The number of halogens is 1. The Morgan fingerprint density at radius 2 is 1.75 bits per heavy atom. The van der Waals surface area contributed by atoms with E-state index in [1.54, 1.807) is 0 Å². The summed E-state index contributed by atoms with van der Waals surface area (Å²) in [7, 11) is 0. The number of amides is 1. The molecule has 1 heterocycles. The fourth-order valence-electron chi connectivity index (χ4n) is 3.06. The zero-order valence-corrected chi connectivity index (χ0v) is 11.1. The highest BCUT2D eigenvalue weighted by Gasteiger charge is 2.40. The molecule has 1 amide bonds. The molecule has 1 aliphatic carbocycles. The molecule has 2 aliphatic rings. The second-order valence-electron chi connectivity index (χ2n) is 6.03. The summed E-state index contributed by atoms with van der Waals surface area (Å²) >= 11 is 5.87. The van der Waals surface area contributed by atoms with Crippen LogP contribution in [0.1, 0.15) is 39.5 Å². The fraction of sp³-hybridized carbons (Fsp3) is 0.923. The molecule has 16 heavy (non-hydrogen) atoms. The van der Waals surface area contributed by atoms with Crippen LogP contribution in [-0.2, 0) is 4.79 Å². The van der Waals surface area contributed by atoms with E-state index in [2.05, 4.69) is 4.90 Å². The predicted molar refractivity (Wildman–Crippen MR) is 66.5 cm³/mol. The standard InChI is InChI=1S/C13H22ClNO/c1-13(2,9-14)12(16)15-7-10-5-3-4-6-11(10)8-15/h10-11H,3-9H2,1-2H3. The fourth-order valence-corrected chi connectivity index (χ4v) is 3.17. The van der Waals surface area contributed by atoms with Crippen molar-refractivity contribution < 1.29 is 4.79 Å². The van der Waals surface area contributed by atoms with Gasteiger partial charge < -0.3 is 4.90 Å². The van der Waals surface area contributed by atoms with Crippen LogP contribution in [0, 0.1) is 17.3 Å². The molecule has 0 spiro atoms. The van der Waals surface area contributed by atoms with Gasteiger partial charge in [0.05, 0.1) is 5.41 Å². The summed E-state index contributed by atoms with van der Waals surface area (Å²) in [6.45, 7) is 5.85. The number of likely N-dealkylation sites (tertiary alicyclic amines) is 1. The highest BCUT2D eigenvalue weighted by atomic mass is 35.5. The average molecular weight is 244 g/mol. The van der Waals surface area contributed by atoms with E-state index >= 15 is 0 Å². The van der Waals surface area contributed by atoms with Crippen LogP contribution in [0.5, 0.6) is 0 Å². The Morgan fingerprint density at radius 1 is 1.25 bits per heavy atom. The topological polar surface area (TPSA) is 20.3 Å². The maximum absolute atomic E-state index is 12.3. The molecular formula is C13H22ClNO. The number of rotatable bonds is 2. The SMILES string of the molecule is CC(C)(CCl)C(=O)N1CC2CCCCC2C1. The smallest absolute Gasteiger partial charge is 0.229 e. The first-order chi connectivity index (χ1) is 7.54. The molecular weight excluding hydrogens is 222 g/mol. The Hall–Kier alpha value is -0.240. The largest absolute Gasteiger partial charge is 0.342 e. The van der Waals surface area contributed by atoms with Gasteiger partial charge in [0.15, 0.2) is 0 Å². The summed E-state index contributed by atoms with van der Waals surface area (Å²) in [6, 6.07) is 0. The Balaban J connectivity index is 2.00. The molecule has 2 fully saturated rings. The van der Waals surface area contributed by atoms with Crippen LogP contribution in [-0.4, -0.2) is 29.8 Å². The maximum Gasteiger partial charge on any atom is 0.229 e. The molecule has 3 heteroatoms. The van der Waals surface area contributed by atoms with Gasteiger partial charge in [0, 0.05) is 19.0 Å². The van der Waals surface area contributed by atoms with Gasteiger partial charge in [0.1, 0.15) is 0 Å². The summed E-state index contributed by atoms with van der Waals surface area (Å²) in [5.74, 6) is 2.20. The van der Waals surface area contributed by atoms with Crippen molar-refractivity contribution in [2.45, 2.75) is 39.5 Å². The Morgan fingerprint density at radius 3 is 2.19 bits per heavy atom. The summed E-state index contributed by atoms with van der Waals surface area (Å²) in [5, 5.41) is 0. The average Bonchev–Trinajstić information content (AvgIpc) is 2.71. The molecule has 1 aliphatic heterocycles. The molecule has 0 aromatic carbocycles. The first-order valence-corrected chi connectivity index (χ1v) is 6.93. The Labute approximate surface area is 103 Å². The van der Waals surface area contributed by atoms with Crippen LogP contribution in [0.2, 0.25) is 0 Å². The van der Waals surface area contributed by atoms with Crippen molar-refractivity contribution in [2.24, 2.45) is 17.3 Å². The molecule has 0 N–H and O–H groups in total. The van der Waals surface area contributed by atoms with Gasteiger partial charge in [-0.1, -0.05) is 12.8 Å². The van der Waals surface area contributed by atoms with Crippen LogP contribution in [0.25, 0.3) is 0 Å². The van der Waals surface area contributed by atoms with Crippen LogP contribution < -0.4 is 0 Å². The van der Waals surface area contributed by atoms with Gasteiger partial charge >= 0.3 is 0 Å². The van der Waals surface area contributed by atoms with E-state index in [0.717, 1.165) is 24.9 Å². The van der Waals surface area contributed by atoms with Crippen molar-refractivity contribution >= 4 is 17.5 Å². The van der Waals surface area contributed by atoms with E-state index in [9.17, 15) is 4.79 Å². The Bertz CT molecular complexity index is 263. The number of hydrogen-bond acceptors (Lipinski definition) is 1. The van der Waals surface area contributed by atoms with Gasteiger partial charge in [-0.3, -0.25) is 4.79 Å². The molecule has 2 atom stereocenters. The lowest BCUT2D eigenvalue weighted by atomic mass is 9.82. The second kappa shape index (κ2) is 4.56. The van der Waals surface area contributed by atoms with Crippen LogP contribution in [0.4, 0.5) is 0 Å². The number of fused-ring (bicyclic) bond motifs is 1. The van der Waals surface area contributed by atoms with Crippen molar-refractivity contribution in [3.8, 4) is 0 Å². The highest BCUT2D eigenvalue weighted by molar-refractivity contribution is 6.19. The summed E-state index contributed by atoms with van der Waals surface area (Å²) in [4.78, 5) is 14.3. The van der Waals surface area contributed by atoms with E-state index < -0.39 is 5.41 Å². The minimum atomic E-state index is -0.394. The summed E-state index contributed by atoms with van der Waals surface area (Å²) in [6.07, 6.45) is 5.33. The van der Waals surface area contributed by atoms with Gasteiger partial charge in [-0.2, -0.15) is 0 Å². The van der Waals surface area contributed by atoms with E-state index in [4.69, 9.17) is 11.6 Å². The lowest BCUT2D eigenvalue weighted by Crippen LogP contribution is -2.40. The monoisotopic (exact) mass is 243 g/mol. The van der Waals surface area contributed by atoms with Crippen molar-refractivity contribution in [2.75, 3.05) is 19.0 Å². The third-order valence-corrected chi connectivity index (χ3v) is 4.84. The van der Waals surface area contributed by atoms with Crippen molar-refractivity contribution in [3.63, 3.8) is 0 Å². The first kappa shape index (κ1) is 12.2. The lowest BCUT2D eigenvalue weighted by Gasteiger charge is -2.27. The first-order valence-electron chi connectivity index (χ1n) is 6.40. The second-order valence-corrected chi connectivity index (χ2v) is 6.30. The molecule has 2 nitrogen and oxygen atoms in total. The van der Waals surface area contributed by atoms with E-state index in [1.807, 2.05) is 13.8 Å². The zero-order valence-electron chi connectivity index (χ0n) is 10.3. The third kappa shape index (κ3) is 2.22. The van der Waals surface area contributed by atoms with Crippen LogP contribution in [0.3, 0.4) is 0 Å². The van der Waals surface area contributed by atoms with E-state index in [0.29, 0.717) is 5.88 Å². The molecule has 0 aromatic heterocycles. The molecule has 2 rings (SSSR count).